The van der Waals surface area contributed by atoms with Gasteiger partial charge in [0, 0.05) is 16.2 Å². The molecule has 19 heavy (non-hydrogen) atoms. The molecule has 5 heteroatoms. The van der Waals surface area contributed by atoms with E-state index in [2.05, 4.69) is 9.98 Å². The Balaban J connectivity index is 2.14. The van der Waals surface area contributed by atoms with Crippen molar-refractivity contribution in [1.82, 2.24) is 0 Å². The Hall–Kier alpha value is -2.19. The predicted molar refractivity (Wildman–Crippen MR) is 73.1 cm³/mol. The first-order chi connectivity index (χ1) is 9.28. The summed E-state index contributed by atoms with van der Waals surface area (Å²) in [6.07, 6.45) is 8.54. The van der Waals surface area contributed by atoms with Crippen LogP contribution in [0.15, 0.2) is 68.3 Å². The van der Waals surface area contributed by atoms with Gasteiger partial charge in [0.2, 0.25) is 12.2 Å². The van der Waals surface area contributed by atoms with Crippen molar-refractivity contribution in [2.75, 3.05) is 0 Å². The van der Waals surface area contributed by atoms with Gasteiger partial charge in [-0.15, -0.1) is 0 Å². The SMILES string of the molecule is O=C=NC1(N=C=O)C=CC(Sc2ccccc2)=CC1. The summed E-state index contributed by atoms with van der Waals surface area (Å²) in [6.45, 7) is 0. The van der Waals surface area contributed by atoms with E-state index >= 15 is 0 Å². The molecule has 1 aliphatic rings. The zero-order valence-electron chi connectivity index (χ0n) is 9.95. The van der Waals surface area contributed by atoms with Crippen molar-refractivity contribution in [2.24, 2.45) is 9.98 Å². The zero-order chi connectivity index (χ0) is 13.6. The van der Waals surface area contributed by atoms with Gasteiger partial charge in [0.15, 0.2) is 5.66 Å². The normalized spacial score (nSPS) is 20.9. The van der Waals surface area contributed by atoms with E-state index in [9.17, 15) is 9.59 Å². The zero-order valence-corrected chi connectivity index (χ0v) is 10.8. The molecule has 0 radical (unpaired) electrons. The highest BCUT2D eigenvalue weighted by Gasteiger charge is 2.27. The number of aliphatic imine (C=N–C) groups is 2. The van der Waals surface area contributed by atoms with Crippen molar-refractivity contribution < 1.29 is 9.59 Å². The summed E-state index contributed by atoms with van der Waals surface area (Å²) >= 11 is 1.60. The summed E-state index contributed by atoms with van der Waals surface area (Å²) in [5.74, 6) is 0. The molecule has 1 aromatic carbocycles. The van der Waals surface area contributed by atoms with Crippen LogP contribution in [0.1, 0.15) is 6.42 Å². The highest BCUT2D eigenvalue weighted by Crippen LogP contribution is 2.34. The van der Waals surface area contributed by atoms with E-state index in [0.29, 0.717) is 6.42 Å². The molecule has 0 N–H and O–H groups in total. The van der Waals surface area contributed by atoms with E-state index in [1.165, 1.54) is 12.2 Å². The minimum atomic E-state index is -1.16. The van der Waals surface area contributed by atoms with Gasteiger partial charge < -0.3 is 0 Å². The fraction of sp³-hybridized carbons (Fsp3) is 0.143. The van der Waals surface area contributed by atoms with E-state index in [0.717, 1.165) is 9.80 Å². The molecule has 0 amide bonds. The number of hydrogen-bond donors (Lipinski definition) is 0. The molecule has 94 valence electrons. The molecule has 0 spiro atoms. The topological polar surface area (TPSA) is 58.9 Å². The van der Waals surface area contributed by atoms with Gasteiger partial charge in [0.1, 0.15) is 0 Å². The summed E-state index contributed by atoms with van der Waals surface area (Å²) < 4.78 is 0. The molecule has 0 bridgehead atoms. The van der Waals surface area contributed by atoms with E-state index in [-0.39, 0.29) is 0 Å². The molecule has 0 saturated carbocycles. The van der Waals surface area contributed by atoms with E-state index < -0.39 is 5.66 Å². The first kappa shape index (κ1) is 13.2. The highest BCUT2D eigenvalue weighted by atomic mass is 32.2. The van der Waals surface area contributed by atoms with Gasteiger partial charge in [-0.1, -0.05) is 36.0 Å². The number of thioether (sulfide) groups is 1. The second-order valence-corrected chi connectivity index (χ2v) is 4.99. The Labute approximate surface area is 114 Å². The summed E-state index contributed by atoms with van der Waals surface area (Å²) in [6, 6.07) is 9.90. The Morgan fingerprint density at radius 2 is 1.79 bits per heavy atom. The van der Waals surface area contributed by atoms with Crippen LogP contribution >= 0.6 is 11.8 Å². The smallest absolute Gasteiger partial charge is 0.211 e. The molecule has 4 nitrogen and oxygen atoms in total. The van der Waals surface area contributed by atoms with Crippen LogP contribution in [0.4, 0.5) is 0 Å². The van der Waals surface area contributed by atoms with Gasteiger partial charge in [0.05, 0.1) is 0 Å². The molecular formula is C14H10N2O2S. The van der Waals surface area contributed by atoms with Crippen LogP contribution in [0.5, 0.6) is 0 Å². The van der Waals surface area contributed by atoms with Crippen molar-refractivity contribution in [3.63, 3.8) is 0 Å². The molecule has 1 aromatic rings. The molecule has 0 heterocycles. The van der Waals surface area contributed by atoms with Crippen LogP contribution < -0.4 is 0 Å². The standard InChI is InChI=1S/C14H10N2O2S/c17-10-15-14(16-11-18)8-6-13(7-9-14)19-12-4-2-1-3-5-12/h1-8H,9H2. The number of carbonyl (C=O) groups excluding carboxylic acids is 2. The summed E-state index contributed by atoms with van der Waals surface area (Å²) in [5, 5.41) is 0. The third kappa shape index (κ3) is 3.39. The Morgan fingerprint density at radius 1 is 1.11 bits per heavy atom. The Bertz CT molecular complexity index is 592. The minimum absolute atomic E-state index is 0.350. The second-order valence-electron chi connectivity index (χ2n) is 3.84. The molecule has 0 saturated heterocycles. The molecule has 0 aliphatic heterocycles. The molecule has 0 aromatic heterocycles. The largest absolute Gasteiger partial charge is 0.237 e. The lowest BCUT2D eigenvalue weighted by Gasteiger charge is -2.20. The summed E-state index contributed by atoms with van der Waals surface area (Å²) in [4.78, 5) is 30.0. The maximum atomic E-state index is 10.4. The lowest BCUT2D eigenvalue weighted by molar-refractivity contribution is 0.513. The average Bonchev–Trinajstić information content (AvgIpc) is 2.43. The quantitative estimate of drug-likeness (QED) is 0.624. The van der Waals surface area contributed by atoms with Crippen LogP contribution in [-0.4, -0.2) is 17.8 Å². The van der Waals surface area contributed by atoms with Crippen LogP contribution in [0.2, 0.25) is 0 Å². The number of isocyanates is 2. The van der Waals surface area contributed by atoms with Crippen molar-refractivity contribution >= 4 is 23.9 Å². The van der Waals surface area contributed by atoms with Gasteiger partial charge in [-0.2, -0.15) is 9.98 Å². The van der Waals surface area contributed by atoms with Crippen molar-refractivity contribution in [3.05, 3.63) is 53.5 Å². The fourth-order valence-corrected chi connectivity index (χ4v) is 2.52. The van der Waals surface area contributed by atoms with Gasteiger partial charge in [-0.3, -0.25) is 0 Å². The highest BCUT2D eigenvalue weighted by molar-refractivity contribution is 8.03. The van der Waals surface area contributed by atoms with Crippen LogP contribution in [0.25, 0.3) is 0 Å². The van der Waals surface area contributed by atoms with Crippen LogP contribution in [0.3, 0.4) is 0 Å². The van der Waals surface area contributed by atoms with Crippen molar-refractivity contribution in [3.8, 4) is 0 Å². The third-order valence-electron chi connectivity index (χ3n) is 2.58. The monoisotopic (exact) mass is 270 g/mol. The number of rotatable bonds is 4. The van der Waals surface area contributed by atoms with E-state index in [1.807, 2.05) is 36.4 Å². The number of benzene rings is 1. The molecule has 1 aliphatic carbocycles. The minimum Gasteiger partial charge on any atom is -0.211 e. The fourth-order valence-electron chi connectivity index (χ4n) is 1.65. The van der Waals surface area contributed by atoms with Gasteiger partial charge in [0.25, 0.3) is 0 Å². The van der Waals surface area contributed by atoms with E-state index in [1.54, 1.807) is 23.9 Å². The molecule has 0 unspecified atom stereocenters. The maximum absolute atomic E-state index is 10.4. The van der Waals surface area contributed by atoms with Crippen LogP contribution in [0, 0.1) is 0 Å². The van der Waals surface area contributed by atoms with Gasteiger partial charge in [-0.05, 0) is 24.3 Å². The van der Waals surface area contributed by atoms with Gasteiger partial charge >= 0.3 is 0 Å². The van der Waals surface area contributed by atoms with E-state index in [4.69, 9.17) is 0 Å². The summed E-state index contributed by atoms with van der Waals surface area (Å²) in [7, 11) is 0. The second kappa shape index (κ2) is 6.12. The number of hydrogen-bond acceptors (Lipinski definition) is 5. The van der Waals surface area contributed by atoms with Crippen molar-refractivity contribution in [2.45, 2.75) is 17.0 Å². The molecule has 0 fully saturated rings. The molecule has 0 atom stereocenters. The van der Waals surface area contributed by atoms with Crippen LogP contribution in [-0.2, 0) is 9.59 Å². The molecular weight excluding hydrogens is 260 g/mol. The Kier molecular flexibility index (Phi) is 4.26. The lowest BCUT2D eigenvalue weighted by Crippen LogP contribution is -2.21. The number of allylic oxidation sites excluding steroid dienone is 1. The number of nitrogens with zero attached hydrogens (tertiary/aromatic N) is 2. The average molecular weight is 270 g/mol. The first-order valence-corrected chi connectivity index (χ1v) is 6.40. The third-order valence-corrected chi connectivity index (χ3v) is 3.62. The Morgan fingerprint density at radius 3 is 2.32 bits per heavy atom. The maximum Gasteiger partial charge on any atom is 0.237 e. The summed E-state index contributed by atoms with van der Waals surface area (Å²) in [5.41, 5.74) is -1.16. The molecule has 2 rings (SSSR count). The van der Waals surface area contributed by atoms with Crippen molar-refractivity contribution in [1.29, 1.82) is 0 Å². The predicted octanol–water partition coefficient (Wildman–Crippen LogP) is 2.99. The van der Waals surface area contributed by atoms with Gasteiger partial charge in [-0.25, -0.2) is 9.59 Å². The lowest BCUT2D eigenvalue weighted by atomic mass is 10.0. The first-order valence-electron chi connectivity index (χ1n) is 5.58.